The lowest BCUT2D eigenvalue weighted by atomic mass is 9.94. The Morgan fingerprint density at radius 1 is 1.03 bits per heavy atom. The molecule has 1 N–H and O–H groups in total. The highest BCUT2D eigenvalue weighted by Gasteiger charge is 2.31. The highest BCUT2D eigenvalue weighted by molar-refractivity contribution is 7.89. The number of thiazole rings is 1. The van der Waals surface area contributed by atoms with Gasteiger partial charge < -0.3 is 9.47 Å². The number of nitrogens with zero attached hydrogens (tertiary/aromatic N) is 2. The molecule has 1 aliphatic rings. The van der Waals surface area contributed by atoms with E-state index >= 15 is 0 Å². The van der Waals surface area contributed by atoms with Crippen molar-refractivity contribution in [3.05, 3.63) is 53.4 Å². The van der Waals surface area contributed by atoms with Crippen LogP contribution in [-0.4, -0.2) is 50.9 Å². The third-order valence-corrected chi connectivity index (χ3v) is 8.60. The van der Waals surface area contributed by atoms with Crippen molar-refractivity contribution >= 4 is 32.4 Å². The van der Waals surface area contributed by atoms with Gasteiger partial charge in [-0.05, 0) is 60.7 Å². The van der Waals surface area contributed by atoms with Crippen LogP contribution in [0.1, 0.15) is 30.6 Å². The molecule has 10 heteroatoms. The van der Waals surface area contributed by atoms with Gasteiger partial charge in [0.15, 0.2) is 16.6 Å². The van der Waals surface area contributed by atoms with E-state index in [1.54, 1.807) is 24.6 Å². The van der Waals surface area contributed by atoms with Gasteiger partial charge in [0, 0.05) is 29.6 Å². The number of methoxy groups -OCH3 is 2. The van der Waals surface area contributed by atoms with E-state index in [-0.39, 0.29) is 10.8 Å². The maximum Gasteiger partial charge on any atom is 0.257 e. The van der Waals surface area contributed by atoms with Gasteiger partial charge in [-0.25, -0.2) is 13.4 Å². The molecule has 2 atom stereocenters. The van der Waals surface area contributed by atoms with E-state index in [0.717, 1.165) is 12.0 Å². The van der Waals surface area contributed by atoms with Gasteiger partial charge in [-0.3, -0.25) is 10.1 Å². The fourth-order valence-electron chi connectivity index (χ4n) is 4.36. The summed E-state index contributed by atoms with van der Waals surface area (Å²) in [4.78, 5) is 17.4. The predicted octanol–water partition coefficient (Wildman–Crippen LogP) is 4.75. The molecule has 1 fully saturated rings. The minimum absolute atomic E-state index is 0.195. The van der Waals surface area contributed by atoms with Gasteiger partial charge in [-0.1, -0.05) is 13.8 Å². The molecule has 186 valence electrons. The summed E-state index contributed by atoms with van der Waals surface area (Å²) >= 11 is 1.30. The van der Waals surface area contributed by atoms with Crippen LogP contribution in [0.2, 0.25) is 0 Å². The number of amides is 1. The average Bonchev–Trinajstić information content (AvgIpc) is 3.31. The first-order valence-corrected chi connectivity index (χ1v) is 13.6. The highest BCUT2D eigenvalue weighted by Crippen LogP contribution is 2.33. The zero-order valence-electron chi connectivity index (χ0n) is 20.1. The lowest BCUT2D eigenvalue weighted by Crippen LogP contribution is -2.42. The molecule has 1 amide bonds. The molecule has 35 heavy (non-hydrogen) atoms. The van der Waals surface area contributed by atoms with Crippen molar-refractivity contribution < 1.29 is 22.7 Å². The Kier molecular flexibility index (Phi) is 7.44. The molecule has 2 aromatic carbocycles. The van der Waals surface area contributed by atoms with Gasteiger partial charge in [0.2, 0.25) is 10.0 Å². The number of aromatic nitrogens is 1. The number of hydrogen-bond acceptors (Lipinski definition) is 7. The Labute approximate surface area is 210 Å². The number of anilines is 1. The molecule has 0 bridgehead atoms. The number of hydrogen-bond donors (Lipinski definition) is 1. The van der Waals surface area contributed by atoms with Crippen molar-refractivity contribution in [1.82, 2.24) is 9.29 Å². The molecular formula is C25H29N3O5S2. The number of rotatable bonds is 7. The molecule has 0 unspecified atom stereocenters. The lowest BCUT2D eigenvalue weighted by molar-refractivity contribution is 0.102. The van der Waals surface area contributed by atoms with Crippen LogP contribution in [0.15, 0.2) is 52.7 Å². The molecule has 8 nitrogen and oxygen atoms in total. The van der Waals surface area contributed by atoms with Crippen LogP contribution < -0.4 is 14.8 Å². The molecule has 3 aromatic rings. The normalized spacial score (nSPS) is 18.7. The van der Waals surface area contributed by atoms with Crippen molar-refractivity contribution in [2.75, 3.05) is 32.6 Å². The number of sulfonamides is 1. The Hall–Kier alpha value is -2.95. The second-order valence-corrected chi connectivity index (χ2v) is 11.7. The SMILES string of the molecule is COc1ccc(-c2csc(NC(=O)c3ccc(S(=O)(=O)N4C[C@H](C)C[C@@H](C)C4)cc3)n2)cc1OC. The van der Waals surface area contributed by atoms with Crippen molar-refractivity contribution in [2.24, 2.45) is 11.8 Å². The highest BCUT2D eigenvalue weighted by atomic mass is 32.2. The van der Waals surface area contributed by atoms with Crippen LogP contribution in [0.3, 0.4) is 0 Å². The van der Waals surface area contributed by atoms with Crippen LogP contribution in [0, 0.1) is 11.8 Å². The first-order valence-electron chi connectivity index (χ1n) is 11.3. The van der Waals surface area contributed by atoms with Gasteiger partial charge in [-0.2, -0.15) is 4.31 Å². The first-order chi connectivity index (χ1) is 16.7. The van der Waals surface area contributed by atoms with Crippen molar-refractivity contribution in [3.8, 4) is 22.8 Å². The molecule has 2 heterocycles. The second-order valence-electron chi connectivity index (χ2n) is 8.85. The summed E-state index contributed by atoms with van der Waals surface area (Å²) in [5, 5.41) is 5.06. The molecule has 0 spiro atoms. The predicted molar refractivity (Wildman–Crippen MR) is 137 cm³/mol. The van der Waals surface area contributed by atoms with Crippen molar-refractivity contribution in [2.45, 2.75) is 25.2 Å². The molecule has 1 aromatic heterocycles. The molecule has 4 rings (SSSR count). The minimum atomic E-state index is -3.60. The largest absolute Gasteiger partial charge is 0.493 e. The fourth-order valence-corrected chi connectivity index (χ4v) is 6.75. The van der Waals surface area contributed by atoms with Gasteiger partial charge in [0.05, 0.1) is 24.8 Å². The maximum atomic E-state index is 13.1. The van der Waals surface area contributed by atoms with E-state index in [1.165, 1.54) is 35.6 Å². The smallest absolute Gasteiger partial charge is 0.257 e. The quantitative estimate of drug-likeness (QED) is 0.488. The van der Waals surface area contributed by atoms with E-state index in [0.29, 0.717) is 52.8 Å². The Balaban J connectivity index is 1.45. The zero-order valence-corrected chi connectivity index (χ0v) is 21.8. The number of nitrogens with one attached hydrogen (secondary N) is 1. The summed E-state index contributed by atoms with van der Waals surface area (Å²) in [6.07, 6.45) is 1.02. The van der Waals surface area contributed by atoms with Gasteiger partial charge >= 0.3 is 0 Å². The van der Waals surface area contributed by atoms with Crippen LogP contribution in [0.5, 0.6) is 11.5 Å². The van der Waals surface area contributed by atoms with Crippen LogP contribution >= 0.6 is 11.3 Å². The van der Waals surface area contributed by atoms with Crippen LogP contribution in [0.25, 0.3) is 11.3 Å². The molecule has 1 saturated heterocycles. The zero-order chi connectivity index (χ0) is 25.2. The number of carbonyl (C=O) groups excluding carboxylic acids is 1. The Bertz CT molecular complexity index is 1290. The van der Waals surface area contributed by atoms with E-state index in [1.807, 2.05) is 17.5 Å². The Morgan fingerprint density at radius 2 is 1.69 bits per heavy atom. The molecule has 1 aliphatic heterocycles. The van der Waals surface area contributed by atoms with Gasteiger partial charge in [0.1, 0.15) is 0 Å². The second kappa shape index (κ2) is 10.3. The summed E-state index contributed by atoms with van der Waals surface area (Å²) in [6.45, 7) is 5.17. The molecule has 0 saturated carbocycles. The first kappa shape index (κ1) is 25.2. The molecule has 0 radical (unpaired) electrons. The number of piperidine rings is 1. The minimum Gasteiger partial charge on any atom is -0.493 e. The topological polar surface area (TPSA) is 97.8 Å². The number of ether oxygens (including phenoxy) is 2. The summed E-state index contributed by atoms with van der Waals surface area (Å²) in [5.74, 6) is 1.49. The lowest BCUT2D eigenvalue weighted by Gasteiger charge is -2.34. The molecule has 0 aliphatic carbocycles. The third-order valence-electron chi connectivity index (χ3n) is 5.99. The summed E-state index contributed by atoms with van der Waals surface area (Å²) in [7, 11) is -0.453. The summed E-state index contributed by atoms with van der Waals surface area (Å²) in [5.41, 5.74) is 1.88. The third kappa shape index (κ3) is 5.50. The number of carbonyl (C=O) groups is 1. The van der Waals surface area contributed by atoms with Crippen LogP contribution in [-0.2, 0) is 10.0 Å². The Morgan fingerprint density at radius 3 is 2.31 bits per heavy atom. The van der Waals surface area contributed by atoms with E-state index < -0.39 is 10.0 Å². The summed E-state index contributed by atoms with van der Waals surface area (Å²) in [6, 6.07) is 11.5. The number of benzene rings is 2. The van der Waals surface area contributed by atoms with Crippen LogP contribution in [0.4, 0.5) is 5.13 Å². The van der Waals surface area contributed by atoms with Crippen molar-refractivity contribution in [1.29, 1.82) is 0 Å². The average molecular weight is 516 g/mol. The van der Waals surface area contributed by atoms with Gasteiger partial charge in [0.25, 0.3) is 5.91 Å². The van der Waals surface area contributed by atoms with Crippen molar-refractivity contribution in [3.63, 3.8) is 0 Å². The standard InChI is InChI=1S/C25H29N3O5S2/c1-16-11-17(2)14-28(13-16)35(30,31)20-8-5-18(6-9-20)24(29)27-25-26-21(15-34-25)19-7-10-22(32-3)23(12-19)33-4/h5-10,12,15-17H,11,13-14H2,1-4H3,(H,26,27,29)/t16-,17-/m1/s1. The maximum absolute atomic E-state index is 13.1. The van der Waals surface area contributed by atoms with Gasteiger partial charge in [-0.15, -0.1) is 11.3 Å². The monoisotopic (exact) mass is 515 g/mol. The molecular weight excluding hydrogens is 486 g/mol. The fraction of sp³-hybridized carbons (Fsp3) is 0.360. The van der Waals surface area contributed by atoms with E-state index in [2.05, 4.69) is 24.1 Å². The van der Waals surface area contributed by atoms with E-state index in [9.17, 15) is 13.2 Å². The van der Waals surface area contributed by atoms with E-state index in [4.69, 9.17) is 9.47 Å². The summed E-state index contributed by atoms with van der Waals surface area (Å²) < 4.78 is 38.3.